The fraction of sp³-hybridized carbons (Fsp3) is 0.176. The third-order valence-corrected chi connectivity index (χ3v) is 4.09. The minimum Gasteiger partial charge on any atom is -0.454 e. The Kier molecular flexibility index (Phi) is 3.14. The number of rotatable bonds is 2. The van der Waals surface area contributed by atoms with Gasteiger partial charge in [-0.15, -0.1) is 0 Å². The first-order valence-electron chi connectivity index (χ1n) is 7.14. The smallest absolute Gasteiger partial charge is 0.231 e. The summed E-state index contributed by atoms with van der Waals surface area (Å²) in [6.07, 6.45) is 1.78. The van der Waals surface area contributed by atoms with Crippen LogP contribution >= 0.6 is 11.6 Å². The molecule has 0 fully saturated rings. The fourth-order valence-electron chi connectivity index (χ4n) is 2.77. The van der Waals surface area contributed by atoms with Crippen LogP contribution in [0.15, 0.2) is 36.5 Å². The molecule has 0 aliphatic carbocycles. The molecule has 0 bridgehead atoms. The summed E-state index contributed by atoms with van der Waals surface area (Å²) < 4.78 is 12.7. The third kappa shape index (κ3) is 2.19. The van der Waals surface area contributed by atoms with E-state index in [0.29, 0.717) is 10.8 Å². The zero-order valence-corrected chi connectivity index (χ0v) is 13.0. The van der Waals surface area contributed by atoms with Crippen molar-refractivity contribution in [2.45, 2.75) is 12.8 Å². The van der Waals surface area contributed by atoms with Crippen LogP contribution in [-0.2, 0) is 0 Å². The van der Waals surface area contributed by atoms with Gasteiger partial charge in [0.25, 0.3) is 0 Å². The standard InChI is InChI=1S/C17H12ClN3O2/c1-10(7-19)17-16(20-15-5-3-12(18)8-21(15)17)11-2-4-13-14(6-11)23-9-22-13/h2-6,8,10H,9H2,1H3. The molecule has 3 heterocycles. The predicted octanol–water partition coefficient (Wildman–Crippen LogP) is 4.01. The number of hydrogen-bond acceptors (Lipinski definition) is 4. The lowest BCUT2D eigenvalue weighted by atomic mass is 10.0. The van der Waals surface area contributed by atoms with Crippen molar-refractivity contribution in [3.8, 4) is 28.8 Å². The second-order valence-electron chi connectivity index (χ2n) is 5.34. The normalized spacial score (nSPS) is 14.0. The lowest BCUT2D eigenvalue weighted by Crippen LogP contribution is -1.98. The number of fused-ring (bicyclic) bond motifs is 2. The molecule has 5 nitrogen and oxygen atoms in total. The van der Waals surface area contributed by atoms with E-state index < -0.39 is 0 Å². The Bertz CT molecular complexity index is 958. The van der Waals surface area contributed by atoms with Gasteiger partial charge in [-0.25, -0.2) is 4.98 Å². The van der Waals surface area contributed by atoms with Gasteiger partial charge in [-0.2, -0.15) is 5.26 Å². The Labute approximate surface area is 137 Å². The number of aromatic nitrogens is 2. The van der Waals surface area contributed by atoms with Crippen molar-refractivity contribution in [2.75, 3.05) is 6.79 Å². The Hall–Kier alpha value is -2.71. The van der Waals surface area contributed by atoms with E-state index in [1.54, 1.807) is 12.3 Å². The Morgan fingerprint density at radius 3 is 2.91 bits per heavy atom. The van der Waals surface area contributed by atoms with E-state index in [9.17, 15) is 5.26 Å². The first-order chi connectivity index (χ1) is 11.2. The van der Waals surface area contributed by atoms with Crippen LogP contribution < -0.4 is 9.47 Å². The molecule has 1 atom stereocenters. The van der Waals surface area contributed by atoms with E-state index in [2.05, 4.69) is 11.1 Å². The maximum Gasteiger partial charge on any atom is 0.231 e. The zero-order chi connectivity index (χ0) is 16.0. The average molecular weight is 326 g/mol. The molecule has 0 radical (unpaired) electrons. The second kappa shape index (κ2) is 5.18. The molecular weight excluding hydrogens is 314 g/mol. The van der Waals surface area contributed by atoms with Crippen LogP contribution in [0.25, 0.3) is 16.9 Å². The van der Waals surface area contributed by atoms with Crippen LogP contribution in [0.1, 0.15) is 18.5 Å². The maximum absolute atomic E-state index is 9.39. The first kappa shape index (κ1) is 13.9. The van der Waals surface area contributed by atoms with Crippen molar-refractivity contribution in [1.29, 1.82) is 5.26 Å². The van der Waals surface area contributed by atoms with Crippen LogP contribution in [0.3, 0.4) is 0 Å². The number of nitrogens with zero attached hydrogens (tertiary/aromatic N) is 3. The monoisotopic (exact) mass is 325 g/mol. The van der Waals surface area contributed by atoms with Gasteiger partial charge in [0.05, 0.1) is 28.4 Å². The van der Waals surface area contributed by atoms with Crippen LogP contribution in [0.5, 0.6) is 11.5 Å². The second-order valence-corrected chi connectivity index (χ2v) is 5.78. The lowest BCUT2D eigenvalue weighted by molar-refractivity contribution is 0.174. The Morgan fingerprint density at radius 2 is 2.09 bits per heavy atom. The molecule has 0 saturated carbocycles. The van der Waals surface area contributed by atoms with Crippen molar-refractivity contribution in [2.24, 2.45) is 0 Å². The summed E-state index contributed by atoms with van der Waals surface area (Å²) in [6.45, 7) is 2.07. The summed E-state index contributed by atoms with van der Waals surface area (Å²) in [7, 11) is 0. The number of halogens is 1. The number of nitriles is 1. The summed E-state index contributed by atoms with van der Waals surface area (Å²) in [5.74, 6) is 1.08. The molecule has 0 spiro atoms. The number of ether oxygens (including phenoxy) is 2. The minimum atomic E-state index is -0.330. The van der Waals surface area contributed by atoms with Crippen molar-refractivity contribution in [1.82, 2.24) is 9.38 Å². The number of benzene rings is 1. The molecule has 2 aromatic heterocycles. The summed E-state index contributed by atoms with van der Waals surface area (Å²) >= 11 is 6.10. The topological polar surface area (TPSA) is 59.5 Å². The van der Waals surface area contributed by atoms with E-state index >= 15 is 0 Å². The summed E-state index contributed by atoms with van der Waals surface area (Å²) in [5, 5.41) is 9.99. The largest absolute Gasteiger partial charge is 0.454 e. The van der Waals surface area contributed by atoms with Crippen molar-refractivity contribution >= 4 is 17.2 Å². The summed E-state index contributed by atoms with van der Waals surface area (Å²) in [4.78, 5) is 4.68. The fourth-order valence-corrected chi connectivity index (χ4v) is 2.93. The molecule has 0 saturated heterocycles. The van der Waals surface area contributed by atoms with Crippen LogP contribution in [-0.4, -0.2) is 16.2 Å². The van der Waals surface area contributed by atoms with Gasteiger partial charge in [0, 0.05) is 11.8 Å². The number of hydrogen-bond donors (Lipinski definition) is 0. The van der Waals surface area contributed by atoms with Gasteiger partial charge in [-0.05, 0) is 37.3 Å². The molecule has 1 unspecified atom stereocenters. The van der Waals surface area contributed by atoms with E-state index in [-0.39, 0.29) is 12.7 Å². The van der Waals surface area contributed by atoms with Gasteiger partial charge < -0.3 is 13.9 Å². The SMILES string of the molecule is CC(C#N)c1c(-c2ccc3c(c2)OCO3)nc2ccc(Cl)cn12. The lowest BCUT2D eigenvalue weighted by Gasteiger charge is -2.07. The van der Waals surface area contributed by atoms with E-state index in [0.717, 1.165) is 28.3 Å². The van der Waals surface area contributed by atoms with Gasteiger partial charge in [-0.3, -0.25) is 0 Å². The Morgan fingerprint density at radius 1 is 1.26 bits per heavy atom. The molecule has 1 aliphatic rings. The molecule has 4 rings (SSSR count). The van der Waals surface area contributed by atoms with Gasteiger partial charge in [0.2, 0.25) is 6.79 Å². The molecule has 1 aromatic carbocycles. The van der Waals surface area contributed by atoms with Crippen LogP contribution in [0, 0.1) is 11.3 Å². The van der Waals surface area contributed by atoms with Gasteiger partial charge >= 0.3 is 0 Å². The van der Waals surface area contributed by atoms with Crippen LogP contribution in [0.2, 0.25) is 5.02 Å². The first-order valence-corrected chi connectivity index (χ1v) is 7.52. The molecular formula is C17H12ClN3O2. The molecule has 1 aliphatic heterocycles. The molecule has 0 N–H and O–H groups in total. The molecule has 114 valence electrons. The van der Waals surface area contributed by atoms with E-state index in [4.69, 9.17) is 21.1 Å². The molecule has 6 heteroatoms. The summed E-state index contributed by atoms with van der Waals surface area (Å²) in [5.41, 5.74) is 3.19. The quantitative estimate of drug-likeness (QED) is 0.714. The maximum atomic E-state index is 9.39. The minimum absolute atomic E-state index is 0.223. The third-order valence-electron chi connectivity index (χ3n) is 3.87. The Balaban J connectivity index is 1.97. The van der Waals surface area contributed by atoms with E-state index in [1.807, 2.05) is 35.6 Å². The predicted molar refractivity (Wildman–Crippen MR) is 85.8 cm³/mol. The van der Waals surface area contributed by atoms with Crippen molar-refractivity contribution < 1.29 is 9.47 Å². The van der Waals surface area contributed by atoms with Crippen molar-refractivity contribution in [3.63, 3.8) is 0 Å². The van der Waals surface area contributed by atoms with Crippen LogP contribution in [0.4, 0.5) is 0 Å². The number of imidazole rings is 1. The van der Waals surface area contributed by atoms with Gasteiger partial charge in [0.15, 0.2) is 11.5 Å². The molecule has 3 aromatic rings. The van der Waals surface area contributed by atoms with E-state index in [1.165, 1.54) is 0 Å². The van der Waals surface area contributed by atoms with Gasteiger partial charge in [-0.1, -0.05) is 11.6 Å². The van der Waals surface area contributed by atoms with Crippen molar-refractivity contribution in [3.05, 3.63) is 47.2 Å². The molecule has 23 heavy (non-hydrogen) atoms. The number of pyridine rings is 1. The highest BCUT2D eigenvalue weighted by Crippen LogP contribution is 2.38. The average Bonchev–Trinajstić information content (AvgIpc) is 3.17. The molecule has 0 amide bonds. The van der Waals surface area contributed by atoms with Gasteiger partial charge in [0.1, 0.15) is 5.65 Å². The summed E-state index contributed by atoms with van der Waals surface area (Å²) in [6, 6.07) is 11.6. The zero-order valence-electron chi connectivity index (χ0n) is 12.3. The highest BCUT2D eigenvalue weighted by Gasteiger charge is 2.22. The highest BCUT2D eigenvalue weighted by molar-refractivity contribution is 6.30. The highest BCUT2D eigenvalue weighted by atomic mass is 35.5.